The van der Waals surface area contributed by atoms with E-state index in [1.165, 1.54) is 6.07 Å². The van der Waals surface area contributed by atoms with Crippen LogP contribution in [-0.4, -0.2) is 43.5 Å². The predicted octanol–water partition coefficient (Wildman–Crippen LogP) is 7.09. The van der Waals surface area contributed by atoms with E-state index in [4.69, 9.17) is 4.74 Å². The molecule has 11 atom stereocenters. The molecule has 4 saturated carbocycles. The van der Waals surface area contributed by atoms with E-state index in [9.17, 15) is 23.4 Å². The van der Waals surface area contributed by atoms with E-state index in [2.05, 4.69) is 32.4 Å². The average molecular weight is 644 g/mol. The van der Waals surface area contributed by atoms with Crippen molar-refractivity contribution in [1.82, 2.24) is 4.72 Å². The second-order valence-electron chi connectivity index (χ2n) is 14.8. The van der Waals surface area contributed by atoms with Gasteiger partial charge in [-0.1, -0.05) is 64.4 Å². The summed E-state index contributed by atoms with van der Waals surface area (Å²) in [6, 6.07) is 12.8. The number of hydrogen-bond acceptors (Lipinski definition) is 7. The predicted molar refractivity (Wildman–Crippen MR) is 172 cm³/mol. The Kier molecular flexibility index (Phi) is 8.74. The average Bonchev–Trinajstić information content (AvgIpc) is 3.63. The van der Waals surface area contributed by atoms with Crippen molar-refractivity contribution < 1.29 is 28.2 Å². The van der Waals surface area contributed by atoms with Gasteiger partial charge >= 0.3 is 6.09 Å². The monoisotopic (exact) mass is 643 g/mol. The number of aliphatic hydroxyl groups is 2. The Balaban J connectivity index is 1.10. The quantitative estimate of drug-likeness (QED) is 0.297. The van der Waals surface area contributed by atoms with Crippen LogP contribution in [0.25, 0.3) is 10.4 Å². The summed E-state index contributed by atoms with van der Waals surface area (Å²) < 4.78 is 33.6. The smallest absolute Gasteiger partial charge is 0.421 e. The number of aliphatic hydroxyl groups excluding tert-OH is 2. The Morgan fingerprint density at radius 1 is 1.00 bits per heavy atom. The summed E-state index contributed by atoms with van der Waals surface area (Å²) in [5.41, 5.74) is 1.12. The molecule has 4 aliphatic carbocycles. The number of ether oxygens (including phenoxy) is 1. The number of carbonyl (C=O) groups is 1. The Hall–Kier alpha value is -1.94. The molecule has 4 fully saturated rings. The highest BCUT2D eigenvalue weighted by Gasteiger charge is 2.64. The van der Waals surface area contributed by atoms with Crippen molar-refractivity contribution in [3.8, 4) is 10.4 Å². The molecule has 0 spiro atoms. The van der Waals surface area contributed by atoms with Crippen molar-refractivity contribution in [2.45, 2.75) is 95.5 Å². The van der Waals surface area contributed by atoms with Gasteiger partial charge in [-0.25, -0.2) is 17.9 Å². The Morgan fingerprint density at radius 2 is 1.70 bits per heavy atom. The number of thiophene rings is 1. The third-order valence-corrected chi connectivity index (χ3v) is 15.7. The highest BCUT2D eigenvalue weighted by molar-refractivity contribution is 7.92. The summed E-state index contributed by atoms with van der Waals surface area (Å²) in [6.45, 7) is 9.30. The molecule has 0 radical (unpaired) electrons. The van der Waals surface area contributed by atoms with Crippen molar-refractivity contribution in [3.05, 3.63) is 42.5 Å². The van der Waals surface area contributed by atoms with Crippen molar-refractivity contribution >= 4 is 27.5 Å². The maximum atomic E-state index is 12.9. The SMILES string of the molecule is CC[C@H]1[C@@H](O)[C@@H]2C(CC[C@]3(C)C([C@H](C)COC(=O)NS(=O)(=O)c4ccc(-c5ccccc5)s4)CC[C@@H]23)[C@@]2(C)CC[C@@H](O)C[C@@H]12. The first-order chi connectivity index (χ1) is 20.9. The van der Waals surface area contributed by atoms with Crippen LogP contribution in [0.1, 0.15) is 79.1 Å². The maximum absolute atomic E-state index is 12.9. The van der Waals surface area contributed by atoms with E-state index in [1.807, 2.05) is 30.3 Å². The van der Waals surface area contributed by atoms with E-state index in [-0.39, 0.29) is 51.6 Å². The molecule has 3 N–H and O–H groups in total. The number of amides is 1. The largest absolute Gasteiger partial charge is 0.449 e. The summed E-state index contributed by atoms with van der Waals surface area (Å²) in [5, 5.41) is 22.5. The molecule has 1 aromatic heterocycles. The Morgan fingerprint density at radius 3 is 2.43 bits per heavy atom. The van der Waals surface area contributed by atoms with Gasteiger partial charge in [0.2, 0.25) is 0 Å². The van der Waals surface area contributed by atoms with Gasteiger partial charge in [0.15, 0.2) is 0 Å². The summed E-state index contributed by atoms with van der Waals surface area (Å²) >= 11 is 1.12. The van der Waals surface area contributed by atoms with Gasteiger partial charge < -0.3 is 14.9 Å². The van der Waals surface area contributed by atoms with Crippen molar-refractivity contribution in [1.29, 1.82) is 0 Å². The molecule has 9 heteroatoms. The lowest BCUT2D eigenvalue weighted by atomic mass is 9.41. The topological polar surface area (TPSA) is 113 Å². The zero-order valence-electron chi connectivity index (χ0n) is 26.4. The number of carbonyl (C=O) groups excluding carboxylic acids is 1. The minimum absolute atomic E-state index is 0.0357. The van der Waals surface area contributed by atoms with Crippen LogP contribution in [-0.2, 0) is 14.8 Å². The zero-order valence-corrected chi connectivity index (χ0v) is 28.1. The first-order valence-electron chi connectivity index (χ1n) is 16.6. The fourth-order valence-corrected chi connectivity index (χ4v) is 12.9. The van der Waals surface area contributed by atoms with E-state index in [0.717, 1.165) is 73.1 Å². The first kappa shape index (κ1) is 32.0. The van der Waals surface area contributed by atoms with Crippen molar-refractivity contribution in [3.63, 3.8) is 0 Å². The van der Waals surface area contributed by atoms with Gasteiger partial charge in [-0.15, -0.1) is 11.3 Å². The van der Waals surface area contributed by atoms with Crippen LogP contribution < -0.4 is 4.72 Å². The molecular weight excluding hydrogens is 595 g/mol. The lowest BCUT2D eigenvalue weighted by Crippen LogP contribution is -2.62. The summed E-state index contributed by atoms with van der Waals surface area (Å²) in [7, 11) is -4.04. The number of hydrogen-bond donors (Lipinski definition) is 3. The molecule has 2 unspecified atom stereocenters. The minimum atomic E-state index is -4.04. The van der Waals surface area contributed by atoms with Crippen molar-refractivity contribution in [2.75, 3.05) is 6.61 Å². The van der Waals surface area contributed by atoms with Gasteiger partial charge in [0, 0.05) is 4.88 Å². The number of benzene rings is 1. The molecule has 44 heavy (non-hydrogen) atoms. The van der Waals surface area contributed by atoms with E-state index in [0.29, 0.717) is 23.7 Å². The molecule has 6 rings (SSSR count). The fraction of sp³-hybridized carbons (Fsp3) is 0.686. The second kappa shape index (κ2) is 12.0. The highest BCUT2D eigenvalue weighted by Crippen LogP contribution is 2.69. The third-order valence-electron chi connectivity index (χ3n) is 12.8. The standard InChI is InChI=1S/C35H49NO6S2/c1-5-24-28-19-23(37)15-17-35(28,4)27-16-18-34(3)25(11-12-26(34)31(27)32(24)38)21(2)20-42-33(39)36-44(40,41)30-14-13-29(43-30)22-9-7-6-8-10-22/h6-10,13-14,21,23-28,31-32,37-38H,5,11-12,15-20H2,1-4H3,(H,36,39)/t21-,23-,24-,25?,26+,27?,28+,31+,32-,34-,35-/m1/s1. The summed E-state index contributed by atoms with van der Waals surface area (Å²) in [5.74, 6) is 2.12. The molecule has 0 aliphatic heterocycles. The highest BCUT2D eigenvalue weighted by atomic mass is 32.2. The minimum Gasteiger partial charge on any atom is -0.449 e. The molecule has 1 aromatic carbocycles. The van der Waals surface area contributed by atoms with Crippen LogP contribution in [0.4, 0.5) is 4.79 Å². The summed E-state index contributed by atoms with van der Waals surface area (Å²) in [6.07, 6.45) is 6.37. The zero-order chi connectivity index (χ0) is 31.4. The summed E-state index contributed by atoms with van der Waals surface area (Å²) in [4.78, 5) is 13.5. The third kappa shape index (κ3) is 5.43. The molecule has 0 bridgehead atoms. The van der Waals surface area contributed by atoms with E-state index >= 15 is 0 Å². The number of sulfonamides is 1. The molecular formula is C35H49NO6S2. The fourth-order valence-electron chi connectivity index (χ4n) is 10.7. The molecule has 1 heterocycles. The van der Waals surface area contributed by atoms with Crippen LogP contribution in [0.2, 0.25) is 0 Å². The number of fused-ring (bicyclic) bond motifs is 5. The molecule has 1 amide bonds. The van der Waals surface area contributed by atoms with Gasteiger partial charge in [0.1, 0.15) is 4.21 Å². The lowest BCUT2D eigenvalue weighted by molar-refractivity contribution is -0.203. The lowest BCUT2D eigenvalue weighted by Gasteiger charge is -2.64. The Bertz CT molecular complexity index is 1440. The van der Waals surface area contributed by atoms with E-state index in [1.54, 1.807) is 6.07 Å². The molecule has 0 saturated heterocycles. The van der Waals surface area contributed by atoms with Gasteiger partial charge in [-0.2, -0.15) is 0 Å². The molecule has 242 valence electrons. The van der Waals surface area contributed by atoms with Gasteiger partial charge in [-0.05, 0) is 115 Å². The van der Waals surface area contributed by atoms with Crippen LogP contribution in [0.5, 0.6) is 0 Å². The number of rotatable bonds is 7. The van der Waals surface area contributed by atoms with Gasteiger partial charge in [-0.3, -0.25) is 0 Å². The normalized spacial score (nSPS) is 39.0. The maximum Gasteiger partial charge on any atom is 0.421 e. The van der Waals surface area contributed by atoms with Gasteiger partial charge in [0.25, 0.3) is 10.0 Å². The Labute approximate surface area is 266 Å². The number of nitrogens with one attached hydrogen (secondary N) is 1. The molecule has 7 nitrogen and oxygen atoms in total. The van der Waals surface area contributed by atoms with Crippen LogP contribution in [0.15, 0.2) is 46.7 Å². The first-order valence-corrected chi connectivity index (χ1v) is 18.9. The second-order valence-corrected chi connectivity index (χ2v) is 17.8. The van der Waals surface area contributed by atoms with Crippen molar-refractivity contribution in [2.24, 2.45) is 52.3 Å². The van der Waals surface area contributed by atoms with Crippen LogP contribution >= 0.6 is 11.3 Å². The molecule has 4 aliphatic rings. The van der Waals surface area contributed by atoms with E-state index < -0.39 is 16.1 Å². The molecule has 2 aromatic rings. The van der Waals surface area contributed by atoms with Crippen LogP contribution in [0.3, 0.4) is 0 Å². The van der Waals surface area contributed by atoms with Crippen LogP contribution in [0, 0.1) is 52.3 Å². The van der Waals surface area contributed by atoms with Gasteiger partial charge in [0.05, 0.1) is 18.8 Å².